The largest absolute Gasteiger partial charge is 0.453 e. The number of hydrogen-bond acceptors (Lipinski definition) is 11. The molecule has 1 spiro atoms. The number of carbonyl (C=O) groups is 1. The predicted octanol–water partition coefficient (Wildman–Crippen LogP) is 9.71. The Bertz CT molecular complexity index is 2790. The summed E-state index contributed by atoms with van der Waals surface area (Å²) in [6, 6.07) is 19.7. The van der Waals surface area contributed by atoms with Crippen LogP contribution in [0.2, 0.25) is 0 Å². The Labute approximate surface area is 385 Å². The number of rotatable bonds is 13. The number of terminal acetylenes is 1. The van der Waals surface area contributed by atoms with Gasteiger partial charge in [-0.05, 0) is 140 Å². The van der Waals surface area contributed by atoms with Gasteiger partial charge in [-0.3, -0.25) is 9.69 Å². The monoisotopic (exact) mass is 915 g/mol. The van der Waals surface area contributed by atoms with Gasteiger partial charge in [0.05, 0.1) is 27.1 Å². The first-order chi connectivity index (χ1) is 31.6. The second kappa shape index (κ2) is 18.1. The minimum absolute atomic E-state index is 0.00289. The average Bonchev–Trinajstić information content (AvgIpc) is 3.93. The van der Waals surface area contributed by atoms with Crippen molar-refractivity contribution < 1.29 is 27.4 Å². The number of anilines is 2. The smallest absolute Gasteiger partial charge is 0.268 e. The van der Waals surface area contributed by atoms with E-state index in [4.69, 9.17) is 11.2 Å². The number of amides is 1. The van der Waals surface area contributed by atoms with Gasteiger partial charge in [-0.1, -0.05) is 44.5 Å². The van der Waals surface area contributed by atoms with Crippen molar-refractivity contribution in [3.8, 4) is 23.8 Å². The molecule has 2 saturated heterocycles. The number of aliphatic hydroxyl groups is 1. The van der Waals surface area contributed by atoms with E-state index in [2.05, 4.69) is 79.0 Å². The summed E-state index contributed by atoms with van der Waals surface area (Å²) in [6.07, 6.45) is 15.6. The molecule has 3 aromatic carbocycles. The van der Waals surface area contributed by atoms with Crippen LogP contribution in [0.25, 0.3) is 11.0 Å². The first-order valence-electron chi connectivity index (χ1n) is 23.2. The minimum atomic E-state index is -4.53. The summed E-state index contributed by atoms with van der Waals surface area (Å²) in [5.74, 6) is 2.22. The molecule has 2 aliphatic carbocycles. The number of nitrogens with zero attached hydrogens (tertiary/aromatic N) is 4. The SMILES string of the molecule is C#Cc1nc2[nH]cc(F)c2cc1Oc1cc(N2CCC3(CC2)CN([C@H]2CCC[C@H]2c2ccccc2C(C)C)C3)ccc1C(=O)NS(=O)(=O)c1ccc(NC[C@H]2CC[C@](C)(O)CC2)c(N=O)c1. The van der Waals surface area contributed by atoms with E-state index >= 15 is 0 Å². The third-order valence-electron chi connectivity index (χ3n) is 14.7. The van der Waals surface area contributed by atoms with Crippen LogP contribution in [0.3, 0.4) is 0 Å². The summed E-state index contributed by atoms with van der Waals surface area (Å²) in [5, 5.41) is 16.7. The molecule has 0 radical (unpaired) electrons. The zero-order valence-corrected chi connectivity index (χ0v) is 38.6. The Morgan fingerprint density at radius 1 is 1.03 bits per heavy atom. The van der Waals surface area contributed by atoms with Gasteiger partial charge in [-0.25, -0.2) is 22.5 Å². The number of likely N-dealkylation sites (tertiary alicyclic amines) is 1. The summed E-state index contributed by atoms with van der Waals surface area (Å²) >= 11 is 0. The van der Waals surface area contributed by atoms with Crippen molar-refractivity contribution in [2.24, 2.45) is 16.5 Å². The third kappa shape index (κ3) is 9.15. The molecule has 2 saturated carbocycles. The highest BCUT2D eigenvalue weighted by molar-refractivity contribution is 7.90. The number of carbonyl (C=O) groups excluding carboxylic acids is 1. The van der Waals surface area contributed by atoms with E-state index in [-0.39, 0.29) is 55.7 Å². The lowest BCUT2D eigenvalue weighted by Crippen LogP contribution is -2.63. The maximum absolute atomic E-state index is 14.8. The van der Waals surface area contributed by atoms with Crippen LogP contribution in [0, 0.1) is 34.4 Å². The molecule has 0 bridgehead atoms. The number of sulfonamides is 1. The second-order valence-corrected chi connectivity index (χ2v) is 21.3. The van der Waals surface area contributed by atoms with Crippen molar-refractivity contribution in [3.05, 3.63) is 106 Å². The molecule has 13 nitrogen and oxygen atoms in total. The van der Waals surface area contributed by atoms with Crippen LogP contribution in [0.15, 0.2) is 83.0 Å². The van der Waals surface area contributed by atoms with E-state index in [1.807, 2.05) is 6.92 Å². The molecule has 346 valence electrons. The molecular formula is C51H58FN7O6S. The van der Waals surface area contributed by atoms with Crippen LogP contribution in [0.1, 0.15) is 118 Å². The highest BCUT2D eigenvalue weighted by atomic mass is 32.2. The predicted molar refractivity (Wildman–Crippen MR) is 254 cm³/mol. The van der Waals surface area contributed by atoms with Gasteiger partial charge >= 0.3 is 0 Å². The van der Waals surface area contributed by atoms with Gasteiger partial charge in [0.2, 0.25) is 0 Å². The van der Waals surface area contributed by atoms with E-state index < -0.39 is 27.3 Å². The van der Waals surface area contributed by atoms with Crippen LogP contribution >= 0.6 is 0 Å². The van der Waals surface area contributed by atoms with Gasteiger partial charge in [-0.2, -0.15) is 0 Å². The Morgan fingerprint density at radius 2 is 1.79 bits per heavy atom. The van der Waals surface area contributed by atoms with Gasteiger partial charge in [0.1, 0.15) is 22.9 Å². The number of aromatic amines is 1. The Hall–Kier alpha value is -5.82. The maximum Gasteiger partial charge on any atom is 0.268 e. The molecular weight excluding hydrogens is 858 g/mol. The lowest BCUT2D eigenvalue weighted by atomic mass is 9.70. The van der Waals surface area contributed by atoms with E-state index in [1.165, 1.54) is 54.7 Å². The first-order valence-corrected chi connectivity index (χ1v) is 24.7. The van der Waals surface area contributed by atoms with E-state index in [0.717, 1.165) is 69.8 Å². The molecule has 4 aliphatic rings. The van der Waals surface area contributed by atoms with Crippen LogP contribution in [0.5, 0.6) is 11.5 Å². The molecule has 66 heavy (non-hydrogen) atoms. The van der Waals surface area contributed by atoms with Gasteiger partial charge in [0.25, 0.3) is 15.9 Å². The van der Waals surface area contributed by atoms with Crippen molar-refractivity contribution in [2.45, 2.75) is 107 Å². The van der Waals surface area contributed by atoms with E-state index in [1.54, 1.807) is 12.1 Å². The highest BCUT2D eigenvalue weighted by Gasteiger charge is 2.49. The van der Waals surface area contributed by atoms with Crippen LogP contribution in [0.4, 0.5) is 21.5 Å². The zero-order chi connectivity index (χ0) is 46.4. The van der Waals surface area contributed by atoms with E-state index in [0.29, 0.717) is 43.0 Å². The van der Waals surface area contributed by atoms with Gasteiger partial charge in [0, 0.05) is 56.7 Å². The van der Waals surface area contributed by atoms with Crippen LogP contribution in [-0.4, -0.2) is 78.7 Å². The lowest BCUT2D eigenvalue weighted by molar-refractivity contribution is -0.0493. The Kier molecular flexibility index (Phi) is 12.4. The maximum atomic E-state index is 14.8. The molecule has 9 rings (SSSR count). The number of hydrogen-bond donors (Lipinski definition) is 4. The number of benzene rings is 3. The molecule has 5 aromatic rings. The summed E-state index contributed by atoms with van der Waals surface area (Å²) in [4.78, 5) is 37.7. The number of halogens is 1. The standard InChI is InChI=1S/C51H58FN7O6S/c1-5-42-47(27-40-41(52)29-54-48(40)55-42)65-46-25-34(58-23-21-51(22-24-58)30-59(31-51)45-12-8-11-38(45)37-10-7-6-9-36(37)32(2)3)13-15-39(46)49(60)57-66(63,64)35-14-16-43(44(26-35)56-62)53-28-33-17-19-50(4,61)20-18-33/h1,6-7,9-10,13-16,25-27,29,32-33,38,45,53,61H,8,11-12,17-24,28,30-31H2,2-4H3,(H,54,55)(H,57,60)/t33-,38-,45-,50-/m0/s1. The van der Waals surface area contributed by atoms with Crippen LogP contribution in [-0.2, 0) is 10.0 Å². The summed E-state index contributed by atoms with van der Waals surface area (Å²) in [6.45, 7) is 10.6. The fourth-order valence-electron chi connectivity index (χ4n) is 10.9. The van der Waals surface area contributed by atoms with Crippen molar-refractivity contribution in [1.82, 2.24) is 19.6 Å². The van der Waals surface area contributed by atoms with Crippen molar-refractivity contribution in [2.75, 3.05) is 42.9 Å². The molecule has 4 N–H and O–H groups in total. The fraction of sp³-hybridized carbons (Fsp3) is 0.451. The number of ether oxygens (including phenoxy) is 1. The molecule has 0 unspecified atom stereocenters. The quantitative estimate of drug-likeness (QED) is 0.0659. The molecule has 15 heteroatoms. The van der Waals surface area contributed by atoms with Gasteiger partial charge < -0.3 is 25.0 Å². The number of nitroso groups, excluding NO2 is 1. The average molecular weight is 916 g/mol. The minimum Gasteiger partial charge on any atom is -0.453 e. The summed E-state index contributed by atoms with van der Waals surface area (Å²) in [7, 11) is -4.53. The molecule has 2 aliphatic heterocycles. The normalized spacial score (nSPS) is 23.1. The Balaban J connectivity index is 0.921. The number of aromatic nitrogens is 2. The lowest BCUT2D eigenvalue weighted by Gasteiger charge is -2.57. The third-order valence-corrected chi connectivity index (χ3v) is 16.1. The summed E-state index contributed by atoms with van der Waals surface area (Å²) in [5.41, 5.74) is 3.67. The zero-order valence-electron chi connectivity index (χ0n) is 37.8. The number of H-pyrrole nitrogens is 1. The topological polar surface area (TPSA) is 169 Å². The molecule has 4 fully saturated rings. The van der Waals surface area contributed by atoms with Crippen molar-refractivity contribution in [1.29, 1.82) is 0 Å². The van der Waals surface area contributed by atoms with Gasteiger partial charge in [-0.15, -0.1) is 11.3 Å². The second-order valence-electron chi connectivity index (χ2n) is 19.6. The molecule has 2 aromatic heterocycles. The van der Waals surface area contributed by atoms with Crippen molar-refractivity contribution >= 4 is 44.0 Å². The number of fused-ring (bicyclic) bond motifs is 1. The number of piperidine rings is 1. The summed E-state index contributed by atoms with van der Waals surface area (Å²) < 4.78 is 50.8. The fourth-order valence-corrected chi connectivity index (χ4v) is 11.9. The van der Waals surface area contributed by atoms with E-state index in [9.17, 15) is 27.6 Å². The first kappa shape index (κ1) is 45.3. The molecule has 2 atom stereocenters. The van der Waals surface area contributed by atoms with Gasteiger partial charge in [0.15, 0.2) is 11.4 Å². The van der Waals surface area contributed by atoms with Crippen LogP contribution < -0.4 is 19.7 Å². The van der Waals surface area contributed by atoms with Crippen molar-refractivity contribution in [3.63, 3.8) is 0 Å². The molecule has 4 heterocycles. The number of nitrogens with one attached hydrogen (secondary N) is 3. The molecule has 1 amide bonds. The highest BCUT2D eigenvalue weighted by Crippen LogP contribution is 2.49. The Morgan fingerprint density at radius 3 is 2.52 bits per heavy atom. The number of pyridine rings is 1.